The average molecular weight is 566 g/mol. The first-order valence-corrected chi connectivity index (χ1v) is 16.1. The van der Waals surface area contributed by atoms with Gasteiger partial charge in [-0.2, -0.15) is 0 Å². The number of carbonyl (C=O) groups is 1. The Labute approximate surface area is 247 Å². The van der Waals surface area contributed by atoms with Crippen LogP contribution >= 0.6 is 11.3 Å². The molecule has 4 saturated carbocycles. The Bertz CT molecular complexity index is 1470. The fourth-order valence-electron chi connectivity index (χ4n) is 8.77. The molecule has 1 aromatic heterocycles. The lowest BCUT2D eigenvalue weighted by Gasteiger charge is -2.44. The molecule has 4 fully saturated rings. The lowest BCUT2D eigenvalue weighted by molar-refractivity contribution is 0.0571. The maximum atomic E-state index is 14.3. The number of hydrogen-bond acceptors (Lipinski definition) is 5. The molecule has 5 aliphatic rings. The van der Waals surface area contributed by atoms with Crippen molar-refractivity contribution in [1.29, 1.82) is 0 Å². The molecule has 5 nitrogen and oxygen atoms in total. The Hall–Kier alpha value is -3.30. The number of ether oxygens (including phenoxy) is 1. The van der Waals surface area contributed by atoms with E-state index in [1.165, 1.54) is 60.3 Å². The van der Waals surface area contributed by atoms with Crippen LogP contribution in [-0.2, 0) is 6.42 Å². The number of methoxy groups -OCH3 is 1. The summed E-state index contributed by atoms with van der Waals surface area (Å²) in [5.74, 6) is 6.11. The number of thiazole rings is 1. The number of rotatable bonds is 8. The molecular weight excluding hydrogens is 526 g/mol. The predicted molar refractivity (Wildman–Crippen MR) is 164 cm³/mol. The van der Waals surface area contributed by atoms with E-state index in [-0.39, 0.29) is 23.5 Å². The van der Waals surface area contributed by atoms with E-state index in [4.69, 9.17) is 11.2 Å². The highest BCUT2D eigenvalue weighted by molar-refractivity contribution is 7.14. The summed E-state index contributed by atoms with van der Waals surface area (Å²) in [6.45, 7) is 2.21. The van der Waals surface area contributed by atoms with E-state index in [1.54, 1.807) is 13.3 Å². The van der Waals surface area contributed by atoms with Crippen molar-refractivity contribution in [1.82, 2.24) is 9.88 Å². The number of aromatic nitrogens is 1. The third-order valence-electron chi connectivity index (χ3n) is 10.3. The summed E-state index contributed by atoms with van der Waals surface area (Å²) >= 11 is 1.31. The molecule has 1 amide bonds. The second-order valence-corrected chi connectivity index (χ2v) is 13.8. The van der Waals surface area contributed by atoms with E-state index in [0.29, 0.717) is 9.88 Å². The van der Waals surface area contributed by atoms with Crippen LogP contribution in [0, 0.1) is 30.1 Å². The SMILES string of the molecule is C#Cc1ncc(C(=O)N2C(CCCC)Cc3cc(OC)ccc3C2c2ccc(NC34CC5CC(CC3C5)C4)cc2)s1. The summed E-state index contributed by atoms with van der Waals surface area (Å²) in [7, 11) is 1.72. The minimum absolute atomic E-state index is 0.0108. The zero-order valence-corrected chi connectivity index (χ0v) is 24.9. The molecule has 0 saturated heterocycles. The van der Waals surface area contributed by atoms with E-state index in [0.717, 1.165) is 54.7 Å². The van der Waals surface area contributed by atoms with Gasteiger partial charge in [0.2, 0.25) is 0 Å². The minimum atomic E-state index is -0.194. The topological polar surface area (TPSA) is 54.5 Å². The van der Waals surface area contributed by atoms with Crippen LogP contribution in [0.2, 0.25) is 0 Å². The van der Waals surface area contributed by atoms with Crippen molar-refractivity contribution in [3.05, 3.63) is 75.2 Å². The van der Waals surface area contributed by atoms with Crippen LogP contribution < -0.4 is 10.1 Å². The van der Waals surface area contributed by atoms with Crippen molar-refractivity contribution in [2.24, 2.45) is 17.8 Å². The van der Waals surface area contributed by atoms with Gasteiger partial charge in [0.05, 0.1) is 19.3 Å². The predicted octanol–water partition coefficient (Wildman–Crippen LogP) is 7.47. The number of hydrogen-bond donors (Lipinski definition) is 1. The molecule has 4 aliphatic carbocycles. The minimum Gasteiger partial charge on any atom is -0.497 e. The van der Waals surface area contributed by atoms with Gasteiger partial charge in [-0.25, -0.2) is 4.98 Å². The van der Waals surface area contributed by atoms with Gasteiger partial charge in [0.15, 0.2) is 5.01 Å². The quantitative estimate of drug-likeness (QED) is 0.288. The van der Waals surface area contributed by atoms with Gasteiger partial charge in [-0.15, -0.1) is 17.8 Å². The van der Waals surface area contributed by atoms with Crippen LogP contribution in [-0.4, -0.2) is 34.5 Å². The number of unbranched alkanes of at least 4 members (excludes halogenated alkanes) is 1. The van der Waals surface area contributed by atoms with Crippen LogP contribution in [0.5, 0.6) is 5.75 Å². The van der Waals surface area contributed by atoms with Crippen molar-refractivity contribution in [3.8, 4) is 18.1 Å². The van der Waals surface area contributed by atoms with Gasteiger partial charge in [0.1, 0.15) is 10.6 Å². The summed E-state index contributed by atoms with van der Waals surface area (Å²) in [6.07, 6.45) is 18.1. The maximum absolute atomic E-state index is 14.3. The van der Waals surface area contributed by atoms with Gasteiger partial charge < -0.3 is 15.0 Å². The van der Waals surface area contributed by atoms with Crippen molar-refractivity contribution in [3.63, 3.8) is 0 Å². The van der Waals surface area contributed by atoms with Crippen molar-refractivity contribution in [2.75, 3.05) is 12.4 Å². The standard InChI is InChI=1S/C35H39N3O2S/c1-4-6-7-28-17-25-18-29(40-3)12-13-30(25)33(38(28)34(39)31-21-36-32(5-2)41-31)24-8-10-27(11-9-24)37-35-19-22-14-23(20-35)16-26(35)15-22/h2,8-13,18,21-23,26,28,33,37H,4,6-7,14-17,19-20H2,1,3H3. The zero-order valence-electron chi connectivity index (χ0n) is 24.1. The molecule has 41 heavy (non-hydrogen) atoms. The molecule has 0 radical (unpaired) electrons. The number of amides is 1. The number of nitrogens with one attached hydrogen (secondary N) is 1. The molecule has 1 N–H and O–H groups in total. The maximum Gasteiger partial charge on any atom is 0.266 e. The molecule has 4 unspecified atom stereocenters. The van der Waals surface area contributed by atoms with Crippen molar-refractivity contribution < 1.29 is 9.53 Å². The lowest BCUT2D eigenvalue weighted by Crippen LogP contribution is -2.47. The molecular formula is C35H39N3O2S. The highest BCUT2D eigenvalue weighted by Crippen LogP contribution is 2.61. The monoisotopic (exact) mass is 565 g/mol. The molecule has 1 aliphatic heterocycles. The third-order valence-corrected chi connectivity index (χ3v) is 11.3. The Balaban J connectivity index is 1.26. The molecule has 0 spiro atoms. The van der Waals surface area contributed by atoms with Crippen LogP contribution in [0.15, 0.2) is 48.7 Å². The first kappa shape index (κ1) is 26.6. The van der Waals surface area contributed by atoms with Gasteiger partial charge >= 0.3 is 0 Å². The highest BCUT2D eigenvalue weighted by Gasteiger charge is 2.57. The van der Waals surface area contributed by atoms with Gasteiger partial charge in [0, 0.05) is 17.3 Å². The van der Waals surface area contributed by atoms with Gasteiger partial charge in [-0.1, -0.05) is 38.0 Å². The molecule has 4 bridgehead atoms. The fourth-order valence-corrected chi connectivity index (χ4v) is 9.44. The van der Waals surface area contributed by atoms with E-state index in [1.807, 2.05) is 6.07 Å². The number of benzene rings is 2. The Kier molecular flexibility index (Phi) is 6.82. The molecule has 3 aromatic rings. The van der Waals surface area contributed by atoms with Crippen LogP contribution in [0.1, 0.15) is 95.7 Å². The lowest BCUT2D eigenvalue weighted by atomic mass is 9.80. The smallest absolute Gasteiger partial charge is 0.266 e. The zero-order chi connectivity index (χ0) is 28.1. The summed E-state index contributed by atoms with van der Waals surface area (Å²) < 4.78 is 5.61. The first-order valence-electron chi connectivity index (χ1n) is 15.3. The number of terminal acetylenes is 1. The summed E-state index contributed by atoms with van der Waals surface area (Å²) in [5.41, 5.74) is 5.05. The Morgan fingerprint density at radius 1 is 1.17 bits per heavy atom. The first-order chi connectivity index (χ1) is 20.0. The van der Waals surface area contributed by atoms with Crippen LogP contribution in [0.3, 0.4) is 0 Å². The van der Waals surface area contributed by atoms with E-state index in [2.05, 4.69) is 64.4 Å². The molecule has 8 rings (SSSR count). The van der Waals surface area contributed by atoms with Gasteiger partial charge in [-0.3, -0.25) is 4.79 Å². The van der Waals surface area contributed by atoms with E-state index < -0.39 is 0 Å². The number of anilines is 1. The summed E-state index contributed by atoms with van der Waals surface area (Å²) in [6, 6.07) is 15.2. The van der Waals surface area contributed by atoms with Gasteiger partial charge in [-0.05, 0) is 110 Å². The third kappa shape index (κ3) is 4.63. The molecule has 4 atom stereocenters. The number of nitrogens with zero attached hydrogens (tertiary/aromatic N) is 2. The molecule has 2 aromatic carbocycles. The largest absolute Gasteiger partial charge is 0.497 e. The van der Waals surface area contributed by atoms with Crippen molar-refractivity contribution >= 4 is 22.9 Å². The van der Waals surface area contributed by atoms with Crippen LogP contribution in [0.4, 0.5) is 5.69 Å². The average Bonchev–Trinajstić information content (AvgIpc) is 3.63. The van der Waals surface area contributed by atoms with E-state index in [9.17, 15) is 4.79 Å². The second kappa shape index (κ2) is 10.5. The Morgan fingerprint density at radius 2 is 1.95 bits per heavy atom. The van der Waals surface area contributed by atoms with Crippen molar-refractivity contribution in [2.45, 2.75) is 82.3 Å². The second-order valence-electron chi connectivity index (χ2n) is 12.8. The Morgan fingerprint density at radius 3 is 2.63 bits per heavy atom. The normalized spacial score (nSPS) is 29.3. The summed E-state index contributed by atoms with van der Waals surface area (Å²) in [5, 5.41) is 4.57. The number of carbonyl (C=O) groups excluding carboxylic acids is 1. The van der Waals surface area contributed by atoms with Gasteiger partial charge in [0.25, 0.3) is 5.91 Å². The number of fused-ring (bicyclic) bond motifs is 1. The van der Waals surface area contributed by atoms with Crippen LogP contribution in [0.25, 0.3) is 0 Å². The summed E-state index contributed by atoms with van der Waals surface area (Å²) in [4.78, 5) is 21.3. The van der Waals surface area contributed by atoms with E-state index >= 15 is 0 Å². The highest BCUT2D eigenvalue weighted by atomic mass is 32.1. The molecule has 2 heterocycles. The molecule has 6 heteroatoms. The fraction of sp³-hybridized carbons (Fsp3) is 0.486. The molecule has 212 valence electrons.